The van der Waals surface area contributed by atoms with Crippen LogP contribution in [0.15, 0.2) is 18.2 Å². The Morgan fingerprint density at radius 3 is 2.64 bits per heavy atom. The van der Waals surface area contributed by atoms with Gasteiger partial charge in [-0.3, -0.25) is 4.72 Å². The van der Waals surface area contributed by atoms with E-state index >= 15 is 0 Å². The van der Waals surface area contributed by atoms with E-state index in [9.17, 15) is 13.2 Å². The number of hydrogen-bond donors (Lipinski definition) is 2. The third-order valence-electron chi connectivity index (χ3n) is 3.17. The molecule has 22 heavy (non-hydrogen) atoms. The van der Waals surface area contributed by atoms with Gasteiger partial charge in [0.25, 0.3) is 10.2 Å². The monoisotopic (exact) mass is 327 g/mol. The SMILES string of the molecule is CC(C)(C)OC(=O)N1CCc2c(cccc2NS(N)(=O)=O)C1. The summed E-state index contributed by atoms with van der Waals surface area (Å²) in [5, 5.41) is 5.02. The summed E-state index contributed by atoms with van der Waals surface area (Å²) >= 11 is 0. The summed E-state index contributed by atoms with van der Waals surface area (Å²) in [4.78, 5) is 13.7. The van der Waals surface area contributed by atoms with Gasteiger partial charge in [-0.25, -0.2) is 9.93 Å². The molecule has 1 aromatic carbocycles. The maximum Gasteiger partial charge on any atom is 0.410 e. The molecule has 0 saturated heterocycles. The molecule has 2 rings (SSSR count). The van der Waals surface area contributed by atoms with Gasteiger partial charge in [0, 0.05) is 13.1 Å². The number of amides is 1. The minimum Gasteiger partial charge on any atom is -0.444 e. The van der Waals surface area contributed by atoms with Crippen molar-refractivity contribution in [1.29, 1.82) is 0 Å². The van der Waals surface area contributed by atoms with E-state index in [4.69, 9.17) is 9.88 Å². The second-order valence-corrected chi connectivity index (χ2v) is 7.54. The van der Waals surface area contributed by atoms with E-state index in [1.165, 1.54) is 0 Å². The van der Waals surface area contributed by atoms with Crippen molar-refractivity contribution in [3.05, 3.63) is 29.3 Å². The maximum atomic E-state index is 12.1. The summed E-state index contributed by atoms with van der Waals surface area (Å²) in [5.74, 6) is 0. The molecule has 0 atom stereocenters. The largest absolute Gasteiger partial charge is 0.444 e. The van der Waals surface area contributed by atoms with E-state index in [1.54, 1.807) is 17.0 Å². The van der Waals surface area contributed by atoms with Gasteiger partial charge in [-0.2, -0.15) is 8.42 Å². The summed E-state index contributed by atoms with van der Waals surface area (Å²) < 4.78 is 30.1. The molecule has 0 unspecified atom stereocenters. The number of rotatable bonds is 2. The molecule has 0 saturated carbocycles. The lowest BCUT2D eigenvalue weighted by atomic mass is 9.98. The Morgan fingerprint density at radius 1 is 1.36 bits per heavy atom. The first kappa shape index (κ1) is 16.6. The Balaban J connectivity index is 2.18. The summed E-state index contributed by atoms with van der Waals surface area (Å²) in [6.07, 6.45) is 0.163. The topological polar surface area (TPSA) is 102 Å². The maximum absolute atomic E-state index is 12.1. The number of nitrogens with two attached hydrogens (primary N) is 1. The number of ether oxygens (including phenoxy) is 1. The van der Waals surface area contributed by atoms with E-state index in [1.807, 2.05) is 26.8 Å². The molecule has 7 nitrogen and oxygen atoms in total. The number of carbonyl (C=O) groups excluding carboxylic acids is 1. The molecule has 1 heterocycles. The first-order valence-electron chi connectivity index (χ1n) is 6.94. The van der Waals surface area contributed by atoms with Gasteiger partial charge in [0.05, 0.1) is 5.69 Å². The predicted octanol–water partition coefficient (Wildman–Crippen LogP) is 1.60. The highest BCUT2D eigenvalue weighted by molar-refractivity contribution is 7.90. The van der Waals surface area contributed by atoms with Crippen LogP contribution in [0.3, 0.4) is 0 Å². The fraction of sp³-hybridized carbons (Fsp3) is 0.500. The van der Waals surface area contributed by atoms with Crippen LogP contribution in [0.25, 0.3) is 0 Å². The molecule has 0 aromatic heterocycles. The molecule has 0 fully saturated rings. The van der Waals surface area contributed by atoms with Crippen molar-refractivity contribution in [1.82, 2.24) is 4.90 Å². The molecule has 0 bridgehead atoms. The number of nitrogens with zero attached hydrogens (tertiary/aromatic N) is 1. The van der Waals surface area contributed by atoms with Crippen molar-refractivity contribution < 1.29 is 17.9 Å². The zero-order chi connectivity index (χ0) is 16.5. The molecular formula is C14H21N3O4S. The predicted molar refractivity (Wildman–Crippen MR) is 83.5 cm³/mol. The second-order valence-electron chi connectivity index (χ2n) is 6.24. The van der Waals surface area contributed by atoms with Gasteiger partial charge in [0.1, 0.15) is 5.60 Å². The van der Waals surface area contributed by atoms with Gasteiger partial charge in [0.15, 0.2) is 0 Å². The molecule has 0 radical (unpaired) electrons. The van der Waals surface area contributed by atoms with E-state index in [0.29, 0.717) is 25.2 Å². The molecule has 1 aliphatic heterocycles. The fourth-order valence-electron chi connectivity index (χ4n) is 2.34. The van der Waals surface area contributed by atoms with E-state index in [-0.39, 0.29) is 6.09 Å². The van der Waals surface area contributed by atoms with Gasteiger partial charge in [-0.15, -0.1) is 0 Å². The third kappa shape index (κ3) is 4.35. The van der Waals surface area contributed by atoms with E-state index < -0.39 is 15.8 Å². The Bertz CT molecular complexity index is 680. The van der Waals surface area contributed by atoms with Crippen molar-refractivity contribution in [2.24, 2.45) is 5.14 Å². The number of hydrogen-bond acceptors (Lipinski definition) is 4. The molecule has 1 amide bonds. The lowest BCUT2D eigenvalue weighted by molar-refractivity contribution is 0.0224. The summed E-state index contributed by atoms with van der Waals surface area (Å²) in [6, 6.07) is 5.25. The highest BCUT2D eigenvalue weighted by atomic mass is 32.2. The zero-order valence-corrected chi connectivity index (χ0v) is 13.7. The molecule has 122 valence electrons. The normalized spacial score (nSPS) is 15.2. The van der Waals surface area contributed by atoms with Gasteiger partial charge >= 0.3 is 6.09 Å². The highest BCUT2D eigenvalue weighted by Gasteiger charge is 2.27. The van der Waals surface area contributed by atoms with E-state index in [2.05, 4.69) is 4.72 Å². The van der Waals surface area contributed by atoms with Crippen LogP contribution >= 0.6 is 0 Å². The van der Waals surface area contributed by atoms with Crippen molar-refractivity contribution in [2.45, 2.75) is 39.3 Å². The summed E-state index contributed by atoms with van der Waals surface area (Å²) in [7, 11) is -3.82. The number of benzene rings is 1. The Kier molecular flexibility index (Phi) is 4.35. The first-order chi connectivity index (χ1) is 10.1. The number of carbonyl (C=O) groups is 1. The van der Waals surface area contributed by atoms with Gasteiger partial charge in [-0.1, -0.05) is 12.1 Å². The smallest absolute Gasteiger partial charge is 0.410 e. The second kappa shape index (κ2) is 5.77. The summed E-state index contributed by atoms with van der Waals surface area (Å²) in [5.41, 5.74) is 1.65. The number of nitrogens with one attached hydrogen (secondary N) is 1. The third-order valence-corrected chi connectivity index (χ3v) is 3.67. The van der Waals surface area contributed by atoms with Gasteiger partial charge in [0.2, 0.25) is 0 Å². The zero-order valence-electron chi connectivity index (χ0n) is 12.9. The molecular weight excluding hydrogens is 306 g/mol. The van der Waals surface area contributed by atoms with Crippen molar-refractivity contribution >= 4 is 22.0 Å². The van der Waals surface area contributed by atoms with Crippen LogP contribution in [0.2, 0.25) is 0 Å². The average molecular weight is 327 g/mol. The van der Waals surface area contributed by atoms with Crippen LogP contribution in [-0.2, 0) is 27.9 Å². The molecule has 1 aromatic rings. The number of anilines is 1. The van der Waals surface area contributed by atoms with Crippen LogP contribution < -0.4 is 9.86 Å². The molecule has 0 aliphatic carbocycles. The quantitative estimate of drug-likeness (QED) is 0.861. The van der Waals surface area contributed by atoms with Crippen molar-refractivity contribution in [3.63, 3.8) is 0 Å². The van der Waals surface area contributed by atoms with Gasteiger partial charge in [-0.05, 0) is 44.4 Å². The van der Waals surface area contributed by atoms with Gasteiger partial charge < -0.3 is 9.64 Å². The van der Waals surface area contributed by atoms with Crippen LogP contribution in [0, 0.1) is 0 Å². The molecule has 0 spiro atoms. The van der Waals surface area contributed by atoms with Crippen LogP contribution in [-0.4, -0.2) is 31.6 Å². The highest BCUT2D eigenvalue weighted by Crippen LogP contribution is 2.27. The minimum atomic E-state index is -3.82. The van der Waals surface area contributed by atoms with Crippen LogP contribution in [0.5, 0.6) is 0 Å². The van der Waals surface area contributed by atoms with Crippen molar-refractivity contribution in [3.8, 4) is 0 Å². The molecule has 8 heteroatoms. The molecule has 1 aliphatic rings. The van der Waals surface area contributed by atoms with Crippen molar-refractivity contribution in [2.75, 3.05) is 11.3 Å². The standard InChI is InChI=1S/C14H21N3O4S/c1-14(2,3)21-13(18)17-8-7-11-10(9-17)5-4-6-12(11)16-22(15,19)20/h4-6,16H,7-9H2,1-3H3,(H2,15,19,20). The Hall–Kier alpha value is -1.80. The Labute approximate surface area is 130 Å². The average Bonchev–Trinajstić information content (AvgIpc) is 2.34. The first-order valence-corrected chi connectivity index (χ1v) is 8.49. The lowest BCUT2D eigenvalue weighted by Crippen LogP contribution is -2.40. The minimum absolute atomic E-state index is 0.372. The molecule has 3 N–H and O–H groups in total. The van der Waals surface area contributed by atoms with Crippen LogP contribution in [0.4, 0.5) is 10.5 Å². The van der Waals surface area contributed by atoms with E-state index in [0.717, 1.165) is 11.1 Å². The number of fused-ring (bicyclic) bond motifs is 1. The summed E-state index contributed by atoms with van der Waals surface area (Å²) in [6.45, 7) is 6.29. The van der Waals surface area contributed by atoms with Crippen LogP contribution in [0.1, 0.15) is 31.9 Å². The Morgan fingerprint density at radius 2 is 2.05 bits per heavy atom. The fourth-order valence-corrected chi connectivity index (χ4v) is 2.84. The lowest BCUT2D eigenvalue weighted by Gasteiger charge is -2.32.